The molecule has 0 amide bonds. The number of hydrogen-bond donors (Lipinski definition) is 0. The molecule has 0 atom stereocenters. The molecule has 140 valence electrons. The number of rotatable bonds is 6. The largest absolute Gasteiger partial charge is 0.301 e. The van der Waals surface area contributed by atoms with Crippen LogP contribution in [0.4, 0.5) is 0 Å². The van der Waals surface area contributed by atoms with Crippen molar-refractivity contribution in [3.05, 3.63) is 23.8 Å². The second-order valence-corrected chi connectivity index (χ2v) is 8.40. The van der Waals surface area contributed by atoms with Crippen molar-refractivity contribution < 1.29 is 0 Å². The molecule has 3 rings (SSSR count). The van der Waals surface area contributed by atoms with Crippen LogP contribution in [0.2, 0.25) is 0 Å². The van der Waals surface area contributed by atoms with Crippen LogP contribution in [0.15, 0.2) is 12.4 Å². The third-order valence-corrected chi connectivity index (χ3v) is 6.44. The highest BCUT2D eigenvalue weighted by atomic mass is 15.3. The number of aryl methyl sites for hydroxylation is 1. The van der Waals surface area contributed by atoms with Crippen LogP contribution < -0.4 is 0 Å². The van der Waals surface area contributed by atoms with E-state index >= 15 is 0 Å². The molecule has 2 fully saturated rings. The first kappa shape index (κ1) is 18.8. The van der Waals surface area contributed by atoms with Gasteiger partial charge >= 0.3 is 0 Å². The summed E-state index contributed by atoms with van der Waals surface area (Å²) >= 11 is 0. The molecule has 0 radical (unpaired) electrons. The van der Waals surface area contributed by atoms with E-state index in [0.717, 1.165) is 24.8 Å². The maximum Gasteiger partial charge on any atom is 0.125 e. The minimum atomic E-state index is 0.346. The van der Waals surface area contributed by atoms with Gasteiger partial charge in [-0.3, -0.25) is 4.90 Å². The Morgan fingerprint density at radius 2 is 1.76 bits per heavy atom. The Balaban J connectivity index is 1.73. The molecule has 25 heavy (non-hydrogen) atoms. The maximum absolute atomic E-state index is 4.41. The van der Waals surface area contributed by atoms with Gasteiger partial charge in [-0.1, -0.05) is 33.1 Å². The first-order valence-corrected chi connectivity index (χ1v) is 10.4. The summed E-state index contributed by atoms with van der Waals surface area (Å²) in [5.74, 6) is 1.77. The molecule has 0 spiro atoms. The molecule has 1 aliphatic carbocycles. The summed E-state index contributed by atoms with van der Waals surface area (Å²) in [6.07, 6.45) is 13.6. The molecule has 4 nitrogen and oxygen atoms in total. The summed E-state index contributed by atoms with van der Waals surface area (Å²) in [6, 6.07) is 0. The van der Waals surface area contributed by atoms with Gasteiger partial charge in [0, 0.05) is 36.6 Å². The third kappa shape index (κ3) is 4.79. The van der Waals surface area contributed by atoms with Gasteiger partial charge < -0.3 is 4.90 Å². The molecule has 0 N–H and O–H groups in total. The molecule has 2 heterocycles. The lowest BCUT2D eigenvalue weighted by molar-refractivity contribution is 0.00561. The predicted octanol–water partition coefficient (Wildman–Crippen LogP) is 4.04. The quantitative estimate of drug-likeness (QED) is 0.779. The highest BCUT2D eigenvalue weighted by Gasteiger charge is 2.39. The fourth-order valence-electron chi connectivity index (χ4n) is 4.76. The molecule has 1 aromatic rings. The summed E-state index contributed by atoms with van der Waals surface area (Å²) in [6.45, 7) is 12.6. The Labute approximate surface area is 154 Å². The zero-order valence-electron chi connectivity index (χ0n) is 16.5. The normalized spacial score (nSPS) is 22.4. The van der Waals surface area contributed by atoms with E-state index in [0.29, 0.717) is 5.54 Å². The van der Waals surface area contributed by atoms with Crippen molar-refractivity contribution >= 4 is 0 Å². The van der Waals surface area contributed by atoms with Crippen LogP contribution >= 0.6 is 0 Å². The summed E-state index contributed by atoms with van der Waals surface area (Å²) in [5.41, 5.74) is 1.60. The molecule has 2 aliphatic rings. The van der Waals surface area contributed by atoms with Gasteiger partial charge in [-0.05, 0) is 58.2 Å². The van der Waals surface area contributed by atoms with Crippen LogP contribution in [0.1, 0.15) is 70.2 Å². The Hall–Kier alpha value is -1.00. The highest BCUT2D eigenvalue weighted by molar-refractivity contribution is 5.07. The molecule has 1 aromatic heterocycles. The zero-order valence-corrected chi connectivity index (χ0v) is 16.5. The Morgan fingerprint density at radius 1 is 1.12 bits per heavy atom. The van der Waals surface area contributed by atoms with Crippen molar-refractivity contribution in [1.82, 2.24) is 19.8 Å². The van der Waals surface area contributed by atoms with Crippen LogP contribution in [0.5, 0.6) is 0 Å². The van der Waals surface area contributed by atoms with Crippen molar-refractivity contribution in [3.8, 4) is 0 Å². The van der Waals surface area contributed by atoms with E-state index in [1.54, 1.807) is 0 Å². The number of nitrogens with zero attached hydrogens (tertiary/aromatic N) is 4. The second-order valence-electron chi connectivity index (χ2n) is 8.40. The van der Waals surface area contributed by atoms with Gasteiger partial charge in [0.2, 0.25) is 0 Å². The van der Waals surface area contributed by atoms with E-state index in [1.807, 2.05) is 19.3 Å². The van der Waals surface area contributed by atoms with E-state index in [-0.39, 0.29) is 0 Å². The molecular weight excluding hydrogens is 308 g/mol. The topological polar surface area (TPSA) is 32.3 Å². The van der Waals surface area contributed by atoms with Gasteiger partial charge in [0.1, 0.15) is 5.82 Å². The summed E-state index contributed by atoms with van der Waals surface area (Å²) in [4.78, 5) is 14.3. The van der Waals surface area contributed by atoms with E-state index < -0.39 is 0 Å². The van der Waals surface area contributed by atoms with Crippen LogP contribution in [0, 0.1) is 12.8 Å². The SMILES string of the molecule is CCN(Cc1cnc(C)nc1)C1(CN2CCC(C)CC2)CCCCC1. The lowest BCUT2D eigenvalue weighted by atomic mass is 9.79. The van der Waals surface area contributed by atoms with E-state index in [4.69, 9.17) is 0 Å². The second kappa shape index (κ2) is 8.59. The molecule has 1 saturated carbocycles. The number of likely N-dealkylation sites (tertiary alicyclic amines) is 1. The summed E-state index contributed by atoms with van der Waals surface area (Å²) < 4.78 is 0. The molecule has 1 aliphatic heterocycles. The zero-order chi connectivity index (χ0) is 17.7. The summed E-state index contributed by atoms with van der Waals surface area (Å²) in [7, 11) is 0. The van der Waals surface area contributed by atoms with Gasteiger partial charge in [-0.2, -0.15) is 0 Å². The molecule has 0 unspecified atom stereocenters. The molecule has 1 saturated heterocycles. The lowest BCUT2D eigenvalue weighted by Crippen LogP contribution is -2.57. The van der Waals surface area contributed by atoms with Crippen molar-refractivity contribution in [1.29, 1.82) is 0 Å². The van der Waals surface area contributed by atoms with Crippen LogP contribution in [-0.2, 0) is 6.54 Å². The number of hydrogen-bond acceptors (Lipinski definition) is 4. The number of likely N-dealkylation sites (N-methyl/N-ethyl adjacent to an activating group) is 1. The Morgan fingerprint density at radius 3 is 2.36 bits per heavy atom. The van der Waals surface area contributed by atoms with Gasteiger partial charge in [0.25, 0.3) is 0 Å². The lowest BCUT2D eigenvalue weighted by Gasteiger charge is -2.49. The standard InChI is InChI=1S/C21H36N4/c1-4-25(16-20-14-22-19(3)23-15-20)21(10-6-5-7-11-21)17-24-12-8-18(2)9-13-24/h14-15,18H,4-13,16-17H2,1-3H3. The average Bonchev–Trinajstić information content (AvgIpc) is 2.64. The smallest absolute Gasteiger partial charge is 0.125 e. The summed E-state index contributed by atoms with van der Waals surface area (Å²) in [5, 5.41) is 0. The molecule has 4 heteroatoms. The average molecular weight is 345 g/mol. The first-order chi connectivity index (χ1) is 12.1. The van der Waals surface area contributed by atoms with Crippen molar-refractivity contribution in [2.24, 2.45) is 5.92 Å². The number of piperidine rings is 1. The fraction of sp³-hybridized carbons (Fsp3) is 0.810. The minimum absolute atomic E-state index is 0.346. The van der Waals surface area contributed by atoms with E-state index in [9.17, 15) is 0 Å². The predicted molar refractivity (Wildman–Crippen MR) is 104 cm³/mol. The molecule has 0 aromatic carbocycles. The highest BCUT2D eigenvalue weighted by Crippen LogP contribution is 2.36. The van der Waals surface area contributed by atoms with E-state index in [2.05, 4.69) is 33.6 Å². The van der Waals surface area contributed by atoms with Crippen LogP contribution in [0.25, 0.3) is 0 Å². The van der Waals surface area contributed by atoms with Crippen molar-refractivity contribution in [2.45, 2.75) is 77.8 Å². The molecule has 0 bridgehead atoms. The minimum Gasteiger partial charge on any atom is -0.301 e. The van der Waals surface area contributed by atoms with Crippen LogP contribution in [-0.4, -0.2) is 51.5 Å². The van der Waals surface area contributed by atoms with Gasteiger partial charge in [0.05, 0.1) is 0 Å². The van der Waals surface area contributed by atoms with Crippen molar-refractivity contribution in [2.75, 3.05) is 26.2 Å². The first-order valence-electron chi connectivity index (χ1n) is 10.4. The number of aromatic nitrogens is 2. The van der Waals surface area contributed by atoms with Gasteiger partial charge in [-0.15, -0.1) is 0 Å². The van der Waals surface area contributed by atoms with Gasteiger partial charge in [-0.25, -0.2) is 9.97 Å². The Bertz CT molecular complexity index is 513. The van der Waals surface area contributed by atoms with Crippen molar-refractivity contribution in [3.63, 3.8) is 0 Å². The molecular formula is C21H36N4. The fourth-order valence-corrected chi connectivity index (χ4v) is 4.76. The van der Waals surface area contributed by atoms with E-state index in [1.165, 1.54) is 70.1 Å². The van der Waals surface area contributed by atoms with Crippen LogP contribution in [0.3, 0.4) is 0 Å². The monoisotopic (exact) mass is 344 g/mol. The Kier molecular flexibility index (Phi) is 6.45. The maximum atomic E-state index is 4.41. The van der Waals surface area contributed by atoms with Gasteiger partial charge in [0.15, 0.2) is 0 Å². The third-order valence-electron chi connectivity index (χ3n) is 6.44.